The predicted octanol–water partition coefficient (Wildman–Crippen LogP) is 3.24. The molecule has 0 saturated carbocycles. The fourth-order valence-corrected chi connectivity index (χ4v) is 2.86. The Morgan fingerprint density at radius 3 is 2.80 bits per heavy atom. The van der Waals surface area contributed by atoms with Gasteiger partial charge in [0.2, 0.25) is 0 Å². The molecule has 1 heterocycles. The van der Waals surface area contributed by atoms with Crippen LogP contribution in [0.3, 0.4) is 0 Å². The Morgan fingerprint density at radius 1 is 1.24 bits per heavy atom. The van der Waals surface area contributed by atoms with E-state index in [0.29, 0.717) is 17.9 Å². The van der Waals surface area contributed by atoms with Gasteiger partial charge in [-0.1, -0.05) is 31.2 Å². The lowest BCUT2D eigenvalue weighted by Gasteiger charge is -2.15. The summed E-state index contributed by atoms with van der Waals surface area (Å²) in [5.74, 6) is 1.51. The highest BCUT2D eigenvalue weighted by Gasteiger charge is 2.14. The second kappa shape index (κ2) is 7.49. The normalized spacial score (nSPS) is 12.3. The number of aliphatic hydroxyl groups is 1. The SMILES string of the molecule is CCc1nc2ccccc2n1C[C@H](O)COc1cccc(C(C)=O)c1. The number of aryl methyl sites for hydroxylation is 1. The van der Waals surface area contributed by atoms with E-state index in [0.717, 1.165) is 23.3 Å². The Hall–Kier alpha value is -2.66. The van der Waals surface area contributed by atoms with Crippen molar-refractivity contribution in [3.8, 4) is 5.75 Å². The van der Waals surface area contributed by atoms with E-state index in [1.54, 1.807) is 24.3 Å². The summed E-state index contributed by atoms with van der Waals surface area (Å²) in [6.07, 6.45) is 0.118. The highest BCUT2D eigenvalue weighted by molar-refractivity contribution is 5.94. The maximum atomic E-state index is 11.4. The van der Waals surface area contributed by atoms with Crippen LogP contribution in [0, 0.1) is 0 Å². The zero-order valence-corrected chi connectivity index (χ0v) is 14.5. The molecule has 25 heavy (non-hydrogen) atoms. The molecule has 0 saturated heterocycles. The fraction of sp³-hybridized carbons (Fsp3) is 0.300. The number of imidazole rings is 1. The third-order valence-corrected chi connectivity index (χ3v) is 4.13. The van der Waals surface area contributed by atoms with Crippen LogP contribution in [0.2, 0.25) is 0 Å². The first kappa shape index (κ1) is 17.2. The van der Waals surface area contributed by atoms with Crippen LogP contribution in [0.15, 0.2) is 48.5 Å². The topological polar surface area (TPSA) is 64.3 Å². The smallest absolute Gasteiger partial charge is 0.159 e. The first-order valence-electron chi connectivity index (χ1n) is 8.44. The van der Waals surface area contributed by atoms with Crippen molar-refractivity contribution in [1.82, 2.24) is 9.55 Å². The Labute approximate surface area is 146 Å². The molecule has 5 heteroatoms. The first-order chi connectivity index (χ1) is 12.1. The summed E-state index contributed by atoms with van der Waals surface area (Å²) in [4.78, 5) is 16.0. The number of carbonyl (C=O) groups is 1. The lowest BCUT2D eigenvalue weighted by molar-refractivity contribution is 0.0926. The zero-order chi connectivity index (χ0) is 17.8. The van der Waals surface area contributed by atoms with Crippen molar-refractivity contribution in [3.05, 3.63) is 59.9 Å². The van der Waals surface area contributed by atoms with Crippen LogP contribution >= 0.6 is 0 Å². The van der Waals surface area contributed by atoms with Gasteiger partial charge in [0.05, 0.1) is 17.6 Å². The van der Waals surface area contributed by atoms with E-state index in [2.05, 4.69) is 4.98 Å². The van der Waals surface area contributed by atoms with E-state index < -0.39 is 6.10 Å². The van der Waals surface area contributed by atoms with Crippen molar-refractivity contribution < 1.29 is 14.6 Å². The number of hydrogen-bond acceptors (Lipinski definition) is 4. The number of aliphatic hydroxyl groups excluding tert-OH is 1. The molecule has 0 fully saturated rings. The quantitative estimate of drug-likeness (QED) is 0.672. The highest BCUT2D eigenvalue weighted by atomic mass is 16.5. The van der Waals surface area contributed by atoms with Crippen LogP contribution in [-0.4, -0.2) is 33.2 Å². The molecule has 1 atom stereocenters. The Balaban J connectivity index is 1.70. The van der Waals surface area contributed by atoms with Crippen molar-refractivity contribution in [2.45, 2.75) is 32.9 Å². The molecule has 0 spiro atoms. The maximum Gasteiger partial charge on any atom is 0.159 e. The van der Waals surface area contributed by atoms with E-state index >= 15 is 0 Å². The highest BCUT2D eigenvalue weighted by Crippen LogP contribution is 2.18. The number of ether oxygens (including phenoxy) is 1. The minimum Gasteiger partial charge on any atom is -0.491 e. The molecule has 0 aliphatic heterocycles. The van der Waals surface area contributed by atoms with Gasteiger partial charge in [-0.25, -0.2) is 4.98 Å². The van der Waals surface area contributed by atoms with Crippen LogP contribution in [-0.2, 0) is 13.0 Å². The number of fused-ring (bicyclic) bond motifs is 1. The van der Waals surface area contributed by atoms with E-state index in [1.807, 2.05) is 35.8 Å². The average Bonchev–Trinajstić information content (AvgIpc) is 2.98. The molecule has 2 aromatic carbocycles. The second-order valence-corrected chi connectivity index (χ2v) is 6.03. The van der Waals surface area contributed by atoms with Crippen molar-refractivity contribution in [2.24, 2.45) is 0 Å². The molecule has 1 aromatic heterocycles. The standard InChI is InChI=1S/C20H22N2O3/c1-3-20-21-18-9-4-5-10-19(18)22(20)12-16(24)13-25-17-8-6-7-15(11-17)14(2)23/h4-11,16,24H,3,12-13H2,1-2H3/t16-/m0/s1. The Morgan fingerprint density at radius 2 is 2.04 bits per heavy atom. The molecular formula is C20H22N2O3. The number of nitrogens with zero attached hydrogens (tertiary/aromatic N) is 2. The zero-order valence-electron chi connectivity index (χ0n) is 14.5. The number of benzene rings is 2. The monoisotopic (exact) mass is 338 g/mol. The lowest BCUT2D eigenvalue weighted by atomic mass is 10.1. The number of ketones is 1. The predicted molar refractivity (Wildman–Crippen MR) is 97.1 cm³/mol. The Bertz CT molecular complexity index is 886. The minimum absolute atomic E-state index is 0.0107. The van der Waals surface area contributed by atoms with E-state index in [1.165, 1.54) is 6.92 Å². The van der Waals surface area contributed by atoms with Crippen LogP contribution in [0.4, 0.5) is 0 Å². The summed E-state index contributed by atoms with van der Waals surface area (Å²) >= 11 is 0. The van der Waals surface area contributed by atoms with E-state index in [4.69, 9.17) is 4.74 Å². The number of para-hydroxylation sites is 2. The third kappa shape index (κ3) is 3.88. The second-order valence-electron chi connectivity index (χ2n) is 6.03. The number of carbonyl (C=O) groups excluding carboxylic acids is 1. The first-order valence-corrected chi connectivity index (χ1v) is 8.44. The fourth-order valence-electron chi connectivity index (χ4n) is 2.86. The van der Waals surface area contributed by atoms with Crippen molar-refractivity contribution in [1.29, 1.82) is 0 Å². The van der Waals surface area contributed by atoms with Gasteiger partial charge >= 0.3 is 0 Å². The van der Waals surface area contributed by atoms with Crippen molar-refractivity contribution >= 4 is 16.8 Å². The molecule has 3 rings (SSSR count). The summed E-state index contributed by atoms with van der Waals surface area (Å²) in [5, 5.41) is 10.4. The number of Topliss-reactive ketones (excluding diaryl/α,β-unsaturated/α-hetero) is 1. The molecule has 130 valence electrons. The van der Waals surface area contributed by atoms with Gasteiger partial charge in [0.15, 0.2) is 5.78 Å². The number of aromatic nitrogens is 2. The molecule has 0 aliphatic carbocycles. The van der Waals surface area contributed by atoms with Gasteiger partial charge in [-0.3, -0.25) is 4.79 Å². The lowest BCUT2D eigenvalue weighted by Crippen LogP contribution is -2.24. The van der Waals surface area contributed by atoms with Crippen molar-refractivity contribution in [3.63, 3.8) is 0 Å². The van der Waals surface area contributed by atoms with Crippen LogP contribution in [0.5, 0.6) is 5.75 Å². The Kier molecular flexibility index (Phi) is 5.14. The van der Waals surface area contributed by atoms with Gasteiger partial charge < -0.3 is 14.4 Å². The summed E-state index contributed by atoms with van der Waals surface area (Å²) in [6, 6.07) is 14.9. The van der Waals surface area contributed by atoms with Gasteiger partial charge in [-0.05, 0) is 31.2 Å². The van der Waals surface area contributed by atoms with Gasteiger partial charge in [-0.2, -0.15) is 0 Å². The van der Waals surface area contributed by atoms with Crippen LogP contribution in [0.1, 0.15) is 30.0 Å². The molecule has 5 nitrogen and oxygen atoms in total. The molecule has 1 N–H and O–H groups in total. The minimum atomic E-state index is -0.677. The third-order valence-electron chi connectivity index (χ3n) is 4.13. The average molecular weight is 338 g/mol. The molecule has 0 amide bonds. The number of rotatable bonds is 7. The van der Waals surface area contributed by atoms with E-state index in [-0.39, 0.29) is 12.4 Å². The molecule has 0 radical (unpaired) electrons. The van der Waals surface area contributed by atoms with E-state index in [9.17, 15) is 9.90 Å². The van der Waals surface area contributed by atoms with Gasteiger partial charge in [-0.15, -0.1) is 0 Å². The molecule has 0 unspecified atom stereocenters. The summed E-state index contributed by atoms with van der Waals surface area (Å²) < 4.78 is 7.69. The van der Waals surface area contributed by atoms with Crippen LogP contribution in [0.25, 0.3) is 11.0 Å². The van der Waals surface area contributed by atoms with Gasteiger partial charge in [0.25, 0.3) is 0 Å². The molecule has 3 aromatic rings. The largest absolute Gasteiger partial charge is 0.491 e. The summed E-state index contributed by atoms with van der Waals surface area (Å²) in [5.41, 5.74) is 2.54. The van der Waals surface area contributed by atoms with Gasteiger partial charge in [0, 0.05) is 12.0 Å². The van der Waals surface area contributed by atoms with Gasteiger partial charge in [0.1, 0.15) is 24.3 Å². The molecular weight excluding hydrogens is 316 g/mol. The molecule has 0 aliphatic rings. The van der Waals surface area contributed by atoms with Crippen molar-refractivity contribution in [2.75, 3.05) is 6.61 Å². The summed E-state index contributed by atoms with van der Waals surface area (Å²) in [6.45, 7) is 4.13. The summed E-state index contributed by atoms with van der Waals surface area (Å²) in [7, 11) is 0. The van der Waals surface area contributed by atoms with Crippen LogP contribution < -0.4 is 4.74 Å². The number of hydrogen-bond donors (Lipinski definition) is 1. The maximum absolute atomic E-state index is 11.4. The molecule has 0 bridgehead atoms.